The molecule has 0 saturated carbocycles. The first kappa shape index (κ1) is 20.2. The molecular weight excluding hydrogens is 458 g/mol. The number of rotatable bonds is 2. The van der Waals surface area contributed by atoms with E-state index in [4.69, 9.17) is 4.99 Å². The van der Waals surface area contributed by atoms with Gasteiger partial charge in [-0.15, -0.1) is 0 Å². The predicted octanol–water partition coefficient (Wildman–Crippen LogP) is 6.95. The van der Waals surface area contributed by atoms with E-state index in [0.717, 1.165) is 55.0 Å². The van der Waals surface area contributed by atoms with Crippen LogP contribution in [0.3, 0.4) is 0 Å². The maximum Gasteiger partial charge on any atom is 0.266 e. The van der Waals surface area contributed by atoms with Gasteiger partial charge in [-0.2, -0.15) is 0 Å². The standard InChI is InChI=1S/C32H19N3O2/c36-31-23-10-3-4-11-24(23)32(37)35(31)18-13-14-20-19-7-1-2-9-22(19)30-26(25(20)15-18)16-29(34-30)27-17-33-28-12-6-5-8-21(27)28/h1-15,17,33H,16H2. The molecule has 0 atom stereocenters. The molecule has 2 aliphatic rings. The molecule has 5 nitrogen and oxygen atoms in total. The molecule has 0 radical (unpaired) electrons. The van der Waals surface area contributed by atoms with E-state index in [1.54, 1.807) is 24.3 Å². The predicted molar refractivity (Wildman–Crippen MR) is 147 cm³/mol. The Morgan fingerprint density at radius 1 is 0.649 bits per heavy atom. The van der Waals surface area contributed by atoms with Crippen molar-refractivity contribution in [1.82, 2.24) is 4.98 Å². The molecule has 37 heavy (non-hydrogen) atoms. The molecule has 2 amide bonds. The van der Waals surface area contributed by atoms with Gasteiger partial charge in [-0.1, -0.05) is 60.7 Å². The van der Waals surface area contributed by atoms with E-state index in [1.807, 2.05) is 48.7 Å². The number of aromatic nitrogens is 1. The molecule has 1 N–H and O–H groups in total. The van der Waals surface area contributed by atoms with E-state index >= 15 is 0 Å². The van der Waals surface area contributed by atoms with Gasteiger partial charge < -0.3 is 4.98 Å². The zero-order valence-corrected chi connectivity index (χ0v) is 19.7. The van der Waals surface area contributed by atoms with Crippen molar-refractivity contribution in [2.45, 2.75) is 6.42 Å². The van der Waals surface area contributed by atoms with Crippen molar-refractivity contribution in [3.05, 3.63) is 119 Å². The Hall–Kier alpha value is -5.03. The summed E-state index contributed by atoms with van der Waals surface area (Å²) in [4.78, 5) is 36.2. The summed E-state index contributed by atoms with van der Waals surface area (Å²) in [6.45, 7) is 0. The van der Waals surface area contributed by atoms with E-state index in [9.17, 15) is 9.59 Å². The molecule has 0 saturated heterocycles. The van der Waals surface area contributed by atoms with Crippen LogP contribution >= 0.6 is 0 Å². The number of hydrogen-bond donors (Lipinski definition) is 1. The number of H-pyrrole nitrogens is 1. The van der Waals surface area contributed by atoms with Gasteiger partial charge in [0, 0.05) is 34.5 Å². The lowest BCUT2D eigenvalue weighted by molar-refractivity contribution is 0.0926. The highest BCUT2D eigenvalue weighted by Gasteiger charge is 2.36. The van der Waals surface area contributed by atoms with Gasteiger partial charge >= 0.3 is 0 Å². The number of amides is 2. The molecule has 8 rings (SSSR count). The lowest BCUT2D eigenvalue weighted by Crippen LogP contribution is -2.29. The second kappa shape index (κ2) is 7.24. The van der Waals surface area contributed by atoms with Crippen molar-refractivity contribution < 1.29 is 9.59 Å². The number of aromatic amines is 1. The average Bonchev–Trinajstić information content (AvgIpc) is 3.64. The van der Waals surface area contributed by atoms with Gasteiger partial charge in [0.25, 0.3) is 11.8 Å². The number of fused-ring (bicyclic) bond motifs is 8. The van der Waals surface area contributed by atoms with Crippen molar-refractivity contribution in [2.24, 2.45) is 4.99 Å². The molecule has 2 aliphatic heterocycles. The minimum atomic E-state index is -0.284. The maximum atomic E-state index is 13.2. The lowest BCUT2D eigenvalue weighted by Gasteiger charge is -2.17. The zero-order chi connectivity index (χ0) is 24.7. The third-order valence-corrected chi connectivity index (χ3v) is 7.63. The summed E-state index contributed by atoms with van der Waals surface area (Å²) in [6, 6.07) is 29.4. The van der Waals surface area contributed by atoms with Crippen LogP contribution in [0.5, 0.6) is 0 Å². The summed E-state index contributed by atoms with van der Waals surface area (Å²) in [6.07, 6.45) is 2.70. The van der Waals surface area contributed by atoms with Crippen LogP contribution in [-0.4, -0.2) is 22.5 Å². The molecule has 3 heterocycles. The molecule has 0 unspecified atom stereocenters. The molecule has 5 heteroatoms. The van der Waals surface area contributed by atoms with Crippen molar-refractivity contribution in [3.63, 3.8) is 0 Å². The highest BCUT2D eigenvalue weighted by Crippen LogP contribution is 2.44. The summed E-state index contributed by atoms with van der Waals surface area (Å²) >= 11 is 0. The van der Waals surface area contributed by atoms with Gasteiger partial charge in [0.1, 0.15) is 0 Å². The Balaban J connectivity index is 1.33. The number of aliphatic imine (C=N–C) groups is 1. The molecule has 5 aromatic carbocycles. The second-order valence-corrected chi connectivity index (χ2v) is 9.58. The van der Waals surface area contributed by atoms with Crippen LogP contribution in [0, 0.1) is 0 Å². The van der Waals surface area contributed by atoms with E-state index < -0.39 is 0 Å². The fourth-order valence-corrected chi connectivity index (χ4v) is 5.91. The third kappa shape index (κ3) is 2.71. The van der Waals surface area contributed by atoms with Gasteiger partial charge in [0.05, 0.1) is 28.2 Å². The molecule has 6 aromatic rings. The first-order valence-electron chi connectivity index (χ1n) is 12.3. The monoisotopic (exact) mass is 477 g/mol. The maximum absolute atomic E-state index is 13.2. The number of benzene rings is 5. The average molecular weight is 478 g/mol. The van der Waals surface area contributed by atoms with Crippen LogP contribution < -0.4 is 4.90 Å². The first-order valence-corrected chi connectivity index (χ1v) is 12.3. The Labute approximate surface area is 211 Å². The smallest absolute Gasteiger partial charge is 0.266 e. The van der Waals surface area contributed by atoms with Gasteiger partial charge in [-0.3, -0.25) is 14.6 Å². The number of anilines is 1. The Bertz CT molecular complexity index is 1980. The largest absolute Gasteiger partial charge is 0.360 e. The molecule has 0 fully saturated rings. The summed E-state index contributed by atoms with van der Waals surface area (Å²) in [5.41, 5.74) is 6.74. The summed E-state index contributed by atoms with van der Waals surface area (Å²) in [5, 5.41) is 5.46. The molecule has 0 spiro atoms. The number of nitrogens with zero attached hydrogens (tertiary/aromatic N) is 2. The number of nitrogens with one attached hydrogen (secondary N) is 1. The van der Waals surface area contributed by atoms with Crippen LogP contribution in [0.1, 0.15) is 31.8 Å². The molecule has 174 valence electrons. The molecular formula is C32H19N3O2. The van der Waals surface area contributed by atoms with Gasteiger partial charge in [-0.05, 0) is 52.1 Å². The van der Waals surface area contributed by atoms with Crippen LogP contribution in [-0.2, 0) is 6.42 Å². The number of carbonyl (C=O) groups is 2. The SMILES string of the molecule is O=C1c2ccccc2C(=O)N1c1ccc2c(c1)c1c(c3ccccc32)N=C(c2c[nH]c3ccccc23)C1. The highest BCUT2D eigenvalue weighted by atomic mass is 16.2. The third-order valence-electron chi connectivity index (χ3n) is 7.63. The van der Waals surface area contributed by atoms with Crippen molar-refractivity contribution in [3.8, 4) is 0 Å². The van der Waals surface area contributed by atoms with Crippen molar-refractivity contribution in [1.29, 1.82) is 0 Å². The molecule has 1 aromatic heterocycles. The summed E-state index contributed by atoms with van der Waals surface area (Å²) < 4.78 is 0. The van der Waals surface area contributed by atoms with Crippen LogP contribution in [0.25, 0.3) is 32.4 Å². The second-order valence-electron chi connectivity index (χ2n) is 9.58. The van der Waals surface area contributed by atoms with Gasteiger partial charge in [0.15, 0.2) is 0 Å². The van der Waals surface area contributed by atoms with Crippen molar-refractivity contribution in [2.75, 3.05) is 4.90 Å². The molecule has 0 aliphatic carbocycles. The highest BCUT2D eigenvalue weighted by molar-refractivity contribution is 6.35. The van der Waals surface area contributed by atoms with Crippen LogP contribution in [0.15, 0.2) is 102 Å². The number of para-hydroxylation sites is 1. The van der Waals surface area contributed by atoms with Crippen molar-refractivity contribution >= 4 is 61.3 Å². The van der Waals surface area contributed by atoms with E-state index in [0.29, 0.717) is 23.2 Å². The summed E-state index contributed by atoms with van der Waals surface area (Å²) in [5.74, 6) is -0.568. The number of carbonyl (C=O) groups excluding carboxylic acids is 2. The quantitative estimate of drug-likeness (QED) is 0.217. The Morgan fingerprint density at radius 3 is 2.08 bits per heavy atom. The lowest BCUT2D eigenvalue weighted by atomic mass is 9.93. The van der Waals surface area contributed by atoms with Gasteiger partial charge in [0.2, 0.25) is 0 Å². The van der Waals surface area contributed by atoms with Crippen LogP contribution in [0.4, 0.5) is 11.4 Å². The van der Waals surface area contributed by atoms with E-state index in [-0.39, 0.29) is 11.8 Å². The van der Waals surface area contributed by atoms with Gasteiger partial charge in [-0.25, -0.2) is 4.90 Å². The minimum absolute atomic E-state index is 0.284. The van der Waals surface area contributed by atoms with Crippen LogP contribution in [0.2, 0.25) is 0 Å². The molecule has 0 bridgehead atoms. The minimum Gasteiger partial charge on any atom is -0.360 e. The number of imide groups is 1. The normalized spacial score (nSPS) is 14.6. The summed E-state index contributed by atoms with van der Waals surface area (Å²) in [7, 11) is 0. The first-order chi connectivity index (χ1) is 18.2. The Morgan fingerprint density at radius 2 is 1.30 bits per heavy atom. The zero-order valence-electron chi connectivity index (χ0n) is 19.7. The van der Waals surface area contributed by atoms with E-state index in [2.05, 4.69) is 29.2 Å². The Kier molecular flexibility index (Phi) is 3.95. The number of hydrogen-bond acceptors (Lipinski definition) is 3. The topological polar surface area (TPSA) is 65.5 Å². The fourth-order valence-electron chi connectivity index (χ4n) is 5.91. The van der Waals surface area contributed by atoms with E-state index in [1.165, 1.54) is 4.90 Å². The fraction of sp³-hybridized carbons (Fsp3) is 0.0312.